The number of rotatable bonds is 8. The summed E-state index contributed by atoms with van der Waals surface area (Å²) in [4.78, 5) is 32.9. The zero-order chi connectivity index (χ0) is 25.1. The molecule has 1 saturated heterocycles. The SMILES string of the molecule is COCCC(=O)N1CCN(c2nc(C3CC3)c(-c3cccc(NC(=O)C(F)F)c3)cc2N)C[C@H]1C. The van der Waals surface area contributed by atoms with Gasteiger partial charge in [0, 0.05) is 50.0 Å². The van der Waals surface area contributed by atoms with Crippen LogP contribution in [0.15, 0.2) is 30.3 Å². The molecule has 1 aliphatic heterocycles. The van der Waals surface area contributed by atoms with E-state index < -0.39 is 12.3 Å². The van der Waals surface area contributed by atoms with E-state index in [2.05, 4.69) is 10.2 Å². The highest BCUT2D eigenvalue weighted by atomic mass is 19.3. The number of amides is 2. The number of nitrogens with one attached hydrogen (secondary N) is 1. The second kappa shape index (κ2) is 10.6. The molecule has 0 unspecified atom stereocenters. The van der Waals surface area contributed by atoms with E-state index in [-0.39, 0.29) is 11.9 Å². The minimum Gasteiger partial charge on any atom is -0.396 e. The van der Waals surface area contributed by atoms with Gasteiger partial charge in [-0.25, -0.2) is 4.98 Å². The number of anilines is 3. The molecule has 8 nitrogen and oxygen atoms in total. The second-order valence-electron chi connectivity index (χ2n) is 9.10. The lowest BCUT2D eigenvalue weighted by Gasteiger charge is -2.41. The number of methoxy groups -OCH3 is 1. The van der Waals surface area contributed by atoms with E-state index >= 15 is 0 Å². The maximum atomic E-state index is 12.7. The molecule has 1 aliphatic carbocycles. The molecular weight excluding hydrogens is 456 g/mol. The third kappa shape index (κ3) is 5.70. The van der Waals surface area contributed by atoms with Crippen LogP contribution >= 0.6 is 0 Å². The molecule has 4 rings (SSSR count). The number of carbonyl (C=O) groups excluding carboxylic acids is 2. The first kappa shape index (κ1) is 24.8. The van der Waals surface area contributed by atoms with Gasteiger partial charge in [-0.1, -0.05) is 12.1 Å². The Morgan fingerprint density at radius 2 is 2.03 bits per heavy atom. The number of nitrogens with zero attached hydrogens (tertiary/aromatic N) is 3. The number of halogens is 2. The zero-order valence-corrected chi connectivity index (χ0v) is 20.0. The molecule has 0 radical (unpaired) electrons. The summed E-state index contributed by atoms with van der Waals surface area (Å²) >= 11 is 0. The largest absolute Gasteiger partial charge is 0.396 e. The van der Waals surface area contributed by atoms with Gasteiger partial charge in [0.1, 0.15) is 0 Å². The number of hydrogen-bond donors (Lipinski definition) is 2. The third-order valence-corrected chi connectivity index (χ3v) is 6.43. The molecule has 0 bridgehead atoms. The number of pyridine rings is 1. The number of aromatic nitrogens is 1. The van der Waals surface area contributed by atoms with Crippen LogP contribution < -0.4 is 16.0 Å². The van der Waals surface area contributed by atoms with Crippen molar-refractivity contribution in [1.29, 1.82) is 0 Å². The van der Waals surface area contributed by atoms with Crippen molar-refractivity contribution in [3.8, 4) is 11.1 Å². The Balaban J connectivity index is 1.58. The maximum Gasteiger partial charge on any atom is 0.315 e. The molecule has 2 aromatic rings. The monoisotopic (exact) mass is 487 g/mol. The molecule has 2 amide bonds. The molecule has 1 saturated carbocycles. The average molecular weight is 488 g/mol. The number of nitrogens with two attached hydrogens (primary N) is 1. The second-order valence-corrected chi connectivity index (χ2v) is 9.10. The molecule has 2 fully saturated rings. The lowest BCUT2D eigenvalue weighted by atomic mass is 9.99. The number of nitrogen functional groups attached to an aromatic ring is 1. The zero-order valence-electron chi connectivity index (χ0n) is 20.0. The van der Waals surface area contributed by atoms with Gasteiger partial charge in [-0.15, -0.1) is 0 Å². The van der Waals surface area contributed by atoms with Gasteiger partial charge < -0.3 is 25.6 Å². The van der Waals surface area contributed by atoms with Crippen LogP contribution in [-0.4, -0.2) is 67.5 Å². The predicted molar refractivity (Wildman–Crippen MR) is 131 cm³/mol. The Bertz CT molecular complexity index is 1090. The van der Waals surface area contributed by atoms with Crippen LogP contribution in [-0.2, 0) is 14.3 Å². The van der Waals surface area contributed by atoms with Gasteiger partial charge in [-0.3, -0.25) is 9.59 Å². The normalized spacial score (nSPS) is 18.1. The van der Waals surface area contributed by atoms with E-state index in [4.69, 9.17) is 15.5 Å². The molecular formula is C25H31F2N5O3. The molecule has 188 valence electrons. The van der Waals surface area contributed by atoms with Gasteiger partial charge in [0.15, 0.2) is 5.82 Å². The lowest BCUT2D eigenvalue weighted by Crippen LogP contribution is -2.54. The summed E-state index contributed by atoms with van der Waals surface area (Å²) in [6, 6.07) is 8.68. The number of ether oxygens (including phenoxy) is 1. The van der Waals surface area contributed by atoms with E-state index in [1.165, 1.54) is 0 Å². The summed E-state index contributed by atoms with van der Waals surface area (Å²) in [6.07, 6.45) is -0.693. The van der Waals surface area contributed by atoms with Crippen molar-refractivity contribution in [2.24, 2.45) is 0 Å². The first-order valence-electron chi connectivity index (χ1n) is 11.8. The van der Waals surface area contributed by atoms with Crippen molar-refractivity contribution < 1.29 is 23.1 Å². The number of alkyl halides is 2. The molecule has 2 heterocycles. The predicted octanol–water partition coefficient (Wildman–Crippen LogP) is 3.49. The molecule has 3 N–H and O–H groups in total. The Morgan fingerprint density at radius 3 is 2.69 bits per heavy atom. The van der Waals surface area contributed by atoms with Crippen LogP contribution in [0.5, 0.6) is 0 Å². The van der Waals surface area contributed by atoms with Gasteiger partial charge in [0.05, 0.1) is 24.4 Å². The van der Waals surface area contributed by atoms with Crippen LogP contribution in [0.3, 0.4) is 0 Å². The van der Waals surface area contributed by atoms with Crippen LogP contribution in [0, 0.1) is 0 Å². The van der Waals surface area contributed by atoms with Gasteiger partial charge >= 0.3 is 6.43 Å². The maximum absolute atomic E-state index is 12.7. The van der Waals surface area contributed by atoms with Crippen molar-refractivity contribution in [2.45, 2.75) is 44.6 Å². The van der Waals surface area contributed by atoms with Crippen molar-refractivity contribution in [3.05, 3.63) is 36.0 Å². The van der Waals surface area contributed by atoms with Crippen LogP contribution in [0.2, 0.25) is 0 Å². The Kier molecular flexibility index (Phi) is 7.49. The van der Waals surface area contributed by atoms with E-state index in [1.54, 1.807) is 25.3 Å². The molecule has 1 aromatic carbocycles. The van der Waals surface area contributed by atoms with Gasteiger partial charge in [-0.05, 0) is 43.5 Å². The lowest BCUT2D eigenvalue weighted by molar-refractivity contribution is -0.134. The van der Waals surface area contributed by atoms with Gasteiger partial charge in [0.2, 0.25) is 5.91 Å². The highest BCUT2D eigenvalue weighted by Gasteiger charge is 2.32. The fourth-order valence-corrected chi connectivity index (χ4v) is 4.50. The van der Waals surface area contributed by atoms with Crippen molar-refractivity contribution in [2.75, 3.05) is 49.3 Å². The summed E-state index contributed by atoms with van der Waals surface area (Å²) in [5.74, 6) is -0.258. The summed E-state index contributed by atoms with van der Waals surface area (Å²) in [5.41, 5.74) is 9.78. The third-order valence-electron chi connectivity index (χ3n) is 6.43. The molecule has 35 heavy (non-hydrogen) atoms. The van der Waals surface area contributed by atoms with Gasteiger partial charge in [-0.2, -0.15) is 8.78 Å². The average Bonchev–Trinajstić information content (AvgIpc) is 3.68. The highest BCUT2D eigenvalue weighted by molar-refractivity contribution is 5.94. The number of piperazine rings is 1. The van der Waals surface area contributed by atoms with Crippen molar-refractivity contribution >= 4 is 29.0 Å². The topological polar surface area (TPSA) is 101 Å². The highest BCUT2D eigenvalue weighted by Crippen LogP contribution is 2.45. The molecule has 0 spiro atoms. The fraction of sp³-hybridized carbons (Fsp3) is 0.480. The van der Waals surface area contributed by atoms with Crippen LogP contribution in [0.25, 0.3) is 11.1 Å². The van der Waals surface area contributed by atoms with Crippen molar-refractivity contribution in [1.82, 2.24) is 9.88 Å². The summed E-state index contributed by atoms with van der Waals surface area (Å²) in [6.45, 7) is 4.24. The summed E-state index contributed by atoms with van der Waals surface area (Å²) in [5, 5.41) is 2.24. The Morgan fingerprint density at radius 1 is 1.26 bits per heavy atom. The number of carbonyl (C=O) groups is 2. The van der Waals surface area contributed by atoms with E-state index in [9.17, 15) is 18.4 Å². The Labute approximate surface area is 203 Å². The minimum atomic E-state index is -3.09. The smallest absolute Gasteiger partial charge is 0.315 e. The van der Waals surface area contributed by atoms with Crippen LogP contribution in [0.1, 0.15) is 37.8 Å². The minimum absolute atomic E-state index is 0.00786. The number of benzene rings is 1. The van der Waals surface area contributed by atoms with Crippen LogP contribution in [0.4, 0.5) is 26.0 Å². The molecule has 10 heteroatoms. The van der Waals surface area contributed by atoms with Crippen molar-refractivity contribution in [3.63, 3.8) is 0 Å². The molecule has 2 aliphatic rings. The first-order valence-corrected chi connectivity index (χ1v) is 11.8. The van der Waals surface area contributed by atoms with E-state index in [1.807, 2.05) is 24.0 Å². The molecule has 1 aromatic heterocycles. The standard InChI is InChI=1S/C25H31F2N5O3/c1-15-14-31(9-10-32(15)21(33)8-11-35-2)24-20(28)13-19(22(30-24)16-6-7-16)17-4-3-5-18(12-17)29-25(34)23(26)27/h3-5,12-13,15-16,23H,6-11,14,28H2,1-2H3,(H,29,34)/t15-/m1/s1. The number of hydrogen-bond acceptors (Lipinski definition) is 6. The first-order chi connectivity index (χ1) is 16.8. The van der Waals surface area contributed by atoms with E-state index in [0.29, 0.717) is 55.8 Å². The fourth-order valence-electron chi connectivity index (χ4n) is 4.50. The quantitative estimate of drug-likeness (QED) is 0.591. The summed E-state index contributed by atoms with van der Waals surface area (Å²) < 4.78 is 30.4. The Hall–Kier alpha value is -3.27. The van der Waals surface area contributed by atoms with Gasteiger partial charge in [0.25, 0.3) is 5.91 Å². The van der Waals surface area contributed by atoms with E-state index in [0.717, 1.165) is 29.7 Å². The summed E-state index contributed by atoms with van der Waals surface area (Å²) in [7, 11) is 1.58. The molecule has 1 atom stereocenters.